The van der Waals surface area contributed by atoms with Crippen molar-refractivity contribution < 1.29 is 4.79 Å². The lowest BCUT2D eigenvalue weighted by atomic mass is 10.0. The zero-order valence-corrected chi connectivity index (χ0v) is 11.1. The topological polar surface area (TPSA) is 44.4 Å². The van der Waals surface area contributed by atoms with Crippen LogP contribution in [0, 0.1) is 0 Å². The Kier molecular flexibility index (Phi) is 3.80. The van der Waals surface area contributed by atoms with Crippen LogP contribution in [0.4, 0.5) is 0 Å². The second-order valence-corrected chi connectivity index (χ2v) is 5.38. The van der Waals surface area contributed by atoms with Gasteiger partial charge in [-0.05, 0) is 18.4 Å². The van der Waals surface area contributed by atoms with E-state index in [9.17, 15) is 4.79 Å². The van der Waals surface area contributed by atoms with Gasteiger partial charge in [0, 0.05) is 32.2 Å². The van der Waals surface area contributed by atoms with Crippen molar-refractivity contribution in [3.8, 4) is 0 Å². The lowest BCUT2D eigenvalue weighted by Crippen LogP contribution is -2.49. The number of piperazine rings is 1. The van der Waals surface area contributed by atoms with E-state index in [0.717, 1.165) is 44.6 Å². The molecule has 0 aromatic heterocycles. The van der Waals surface area contributed by atoms with E-state index >= 15 is 0 Å². The van der Waals surface area contributed by atoms with Crippen molar-refractivity contribution in [3.05, 3.63) is 35.9 Å². The van der Waals surface area contributed by atoms with Gasteiger partial charge in [-0.2, -0.15) is 0 Å². The van der Waals surface area contributed by atoms with Crippen LogP contribution in [0.25, 0.3) is 0 Å². The number of nitrogens with one attached hydrogen (secondary N) is 2. The molecular formula is C15H21N3O. The first kappa shape index (κ1) is 12.6. The molecule has 19 heavy (non-hydrogen) atoms. The number of rotatable bonds is 4. The first-order chi connectivity index (χ1) is 9.34. The van der Waals surface area contributed by atoms with Crippen molar-refractivity contribution in [1.29, 1.82) is 0 Å². The molecule has 1 unspecified atom stereocenters. The predicted octanol–water partition coefficient (Wildman–Crippen LogP) is 0.911. The molecule has 3 rings (SSSR count). The van der Waals surface area contributed by atoms with Gasteiger partial charge in [-0.25, -0.2) is 0 Å². The summed E-state index contributed by atoms with van der Waals surface area (Å²) in [7, 11) is 0. The van der Waals surface area contributed by atoms with Crippen LogP contribution in [-0.4, -0.2) is 43.0 Å². The number of hydrogen-bond donors (Lipinski definition) is 2. The third-order valence-corrected chi connectivity index (χ3v) is 3.80. The predicted molar refractivity (Wildman–Crippen MR) is 74.8 cm³/mol. The van der Waals surface area contributed by atoms with Gasteiger partial charge in [-0.3, -0.25) is 9.69 Å². The largest absolute Gasteiger partial charge is 0.352 e. The molecule has 2 N–H and O–H groups in total. The van der Waals surface area contributed by atoms with Crippen molar-refractivity contribution in [2.75, 3.05) is 26.2 Å². The maximum Gasteiger partial charge on any atom is 0.242 e. The van der Waals surface area contributed by atoms with Gasteiger partial charge in [0.2, 0.25) is 5.91 Å². The van der Waals surface area contributed by atoms with E-state index < -0.39 is 0 Å². The summed E-state index contributed by atoms with van der Waals surface area (Å²) >= 11 is 0. The maximum atomic E-state index is 12.5. The van der Waals surface area contributed by atoms with Gasteiger partial charge in [-0.15, -0.1) is 0 Å². The van der Waals surface area contributed by atoms with Crippen molar-refractivity contribution in [1.82, 2.24) is 15.5 Å². The maximum absolute atomic E-state index is 12.5. The van der Waals surface area contributed by atoms with Gasteiger partial charge in [0.25, 0.3) is 0 Å². The Morgan fingerprint density at radius 3 is 2.53 bits per heavy atom. The number of amides is 1. The number of carbonyl (C=O) groups is 1. The third kappa shape index (κ3) is 3.14. The number of benzene rings is 1. The van der Waals surface area contributed by atoms with Gasteiger partial charge in [0.05, 0.1) is 0 Å². The molecule has 4 nitrogen and oxygen atoms in total. The van der Waals surface area contributed by atoms with Crippen molar-refractivity contribution >= 4 is 5.91 Å². The summed E-state index contributed by atoms with van der Waals surface area (Å²) in [5.74, 6) is 0.163. The Morgan fingerprint density at radius 2 is 1.89 bits per heavy atom. The average Bonchev–Trinajstić information content (AvgIpc) is 3.25. The first-order valence-corrected chi connectivity index (χ1v) is 7.15. The van der Waals surface area contributed by atoms with E-state index in [1.54, 1.807) is 0 Å². The molecule has 1 aliphatic heterocycles. The van der Waals surface area contributed by atoms with Gasteiger partial charge in [0.15, 0.2) is 0 Å². The summed E-state index contributed by atoms with van der Waals surface area (Å²) in [6.07, 6.45) is 2.27. The van der Waals surface area contributed by atoms with Gasteiger partial charge in [-0.1, -0.05) is 30.3 Å². The molecule has 1 saturated carbocycles. The fourth-order valence-corrected chi connectivity index (χ4v) is 2.61. The smallest absolute Gasteiger partial charge is 0.242 e. The lowest BCUT2D eigenvalue weighted by Gasteiger charge is -2.34. The van der Waals surface area contributed by atoms with E-state index in [4.69, 9.17) is 0 Å². The summed E-state index contributed by atoms with van der Waals surface area (Å²) in [5.41, 5.74) is 1.10. The molecule has 1 atom stereocenters. The molecule has 1 aromatic rings. The summed E-state index contributed by atoms with van der Waals surface area (Å²) in [6.45, 7) is 3.77. The fourth-order valence-electron chi connectivity index (χ4n) is 2.61. The normalized spacial score (nSPS) is 21.9. The Morgan fingerprint density at radius 1 is 1.21 bits per heavy atom. The Labute approximate surface area is 114 Å². The highest BCUT2D eigenvalue weighted by Gasteiger charge is 2.32. The second-order valence-electron chi connectivity index (χ2n) is 5.38. The third-order valence-electron chi connectivity index (χ3n) is 3.80. The number of nitrogens with zero attached hydrogens (tertiary/aromatic N) is 1. The Balaban J connectivity index is 1.79. The molecule has 0 radical (unpaired) electrons. The summed E-state index contributed by atoms with van der Waals surface area (Å²) < 4.78 is 0. The molecular weight excluding hydrogens is 238 g/mol. The van der Waals surface area contributed by atoms with Crippen LogP contribution < -0.4 is 10.6 Å². The van der Waals surface area contributed by atoms with E-state index in [1.165, 1.54) is 0 Å². The zero-order valence-electron chi connectivity index (χ0n) is 11.1. The lowest BCUT2D eigenvalue weighted by molar-refractivity contribution is -0.127. The number of carbonyl (C=O) groups excluding carboxylic acids is 1. The molecule has 1 amide bonds. The average molecular weight is 259 g/mol. The van der Waals surface area contributed by atoms with E-state index in [-0.39, 0.29) is 11.9 Å². The van der Waals surface area contributed by atoms with Crippen molar-refractivity contribution in [3.63, 3.8) is 0 Å². The minimum atomic E-state index is -0.135. The summed E-state index contributed by atoms with van der Waals surface area (Å²) in [4.78, 5) is 14.8. The first-order valence-electron chi connectivity index (χ1n) is 7.15. The standard InChI is InChI=1S/C15H21N3O/c19-15(17-13-6-7-13)14(12-4-2-1-3-5-12)18-10-8-16-9-11-18/h1-5,13-14,16H,6-11H2,(H,17,19). The van der Waals surface area contributed by atoms with Crippen molar-refractivity contribution in [2.24, 2.45) is 0 Å². The van der Waals surface area contributed by atoms with Crippen LogP contribution in [0.2, 0.25) is 0 Å². The molecule has 1 heterocycles. The molecule has 102 valence electrons. The van der Waals surface area contributed by atoms with Crippen LogP contribution in [0.15, 0.2) is 30.3 Å². The molecule has 1 aromatic carbocycles. The van der Waals surface area contributed by atoms with Gasteiger partial charge >= 0.3 is 0 Å². The molecule has 0 bridgehead atoms. The molecule has 2 fully saturated rings. The Bertz CT molecular complexity index is 424. The highest BCUT2D eigenvalue weighted by atomic mass is 16.2. The summed E-state index contributed by atoms with van der Waals surface area (Å²) in [6, 6.07) is 10.4. The van der Waals surface area contributed by atoms with Crippen LogP contribution in [0.3, 0.4) is 0 Å². The van der Waals surface area contributed by atoms with Crippen LogP contribution in [-0.2, 0) is 4.79 Å². The van der Waals surface area contributed by atoms with Crippen LogP contribution in [0.5, 0.6) is 0 Å². The minimum absolute atomic E-state index is 0.135. The monoisotopic (exact) mass is 259 g/mol. The van der Waals surface area contributed by atoms with Crippen LogP contribution >= 0.6 is 0 Å². The fraction of sp³-hybridized carbons (Fsp3) is 0.533. The highest BCUT2D eigenvalue weighted by molar-refractivity contribution is 5.83. The molecule has 4 heteroatoms. The Hall–Kier alpha value is -1.39. The second kappa shape index (κ2) is 5.72. The zero-order chi connectivity index (χ0) is 13.1. The molecule has 0 spiro atoms. The molecule has 2 aliphatic rings. The van der Waals surface area contributed by atoms with Gasteiger partial charge < -0.3 is 10.6 Å². The number of hydrogen-bond acceptors (Lipinski definition) is 3. The van der Waals surface area contributed by atoms with Crippen molar-refractivity contribution in [2.45, 2.75) is 24.9 Å². The van der Waals surface area contributed by atoms with E-state index in [2.05, 4.69) is 27.7 Å². The molecule has 1 saturated heterocycles. The van der Waals surface area contributed by atoms with Gasteiger partial charge in [0.1, 0.15) is 6.04 Å². The van der Waals surface area contributed by atoms with E-state index in [0.29, 0.717) is 6.04 Å². The van der Waals surface area contributed by atoms with E-state index in [1.807, 2.05) is 18.2 Å². The minimum Gasteiger partial charge on any atom is -0.352 e. The quantitative estimate of drug-likeness (QED) is 0.845. The molecule has 1 aliphatic carbocycles. The highest BCUT2D eigenvalue weighted by Crippen LogP contribution is 2.25. The summed E-state index contributed by atoms with van der Waals surface area (Å²) in [5, 5.41) is 6.49. The van der Waals surface area contributed by atoms with Crippen LogP contribution in [0.1, 0.15) is 24.4 Å². The SMILES string of the molecule is O=C(NC1CC1)C(c1ccccc1)N1CCNCC1.